The van der Waals surface area contributed by atoms with Gasteiger partial charge in [-0.25, -0.2) is 9.59 Å². The van der Waals surface area contributed by atoms with E-state index in [1.54, 1.807) is 18.2 Å². The van der Waals surface area contributed by atoms with Crippen LogP contribution >= 0.6 is 0 Å². The molecule has 32 heavy (non-hydrogen) atoms. The number of nitrogens with two attached hydrogens (primary N) is 1. The van der Waals surface area contributed by atoms with Crippen LogP contribution in [0.15, 0.2) is 54.6 Å². The number of phenolic OH excluding ortho intramolecular Hbond substituents is 2. The molecule has 0 saturated heterocycles. The summed E-state index contributed by atoms with van der Waals surface area (Å²) in [6.45, 7) is 0.577. The van der Waals surface area contributed by atoms with E-state index in [4.69, 9.17) is 20.0 Å². The van der Waals surface area contributed by atoms with Crippen LogP contribution in [0.5, 0.6) is 23.0 Å². The van der Waals surface area contributed by atoms with Crippen molar-refractivity contribution in [2.24, 2.45) is 5.73 Å². The Morgan fingerprint density at radius 2 is 1.59 bits per heavy atom. The predicted molar refractivity (Wildman–Crippen MR) is 110 cm³/mol. The van der Waals surface area contributed by atoms with E-state index in [2.05, 4.69) is 5.48 Å². The van der Waals surface area contributed by atoms with E-state index in [1.807, 2.05) is 0 Å². The van der Waals surface area contributed by atoms with Crippen LogP contribution < -0.4 is 16.0 Å². The first kappa shape index (κ1) is 19.9. The van der Waals surface area contributed by atoms with Crippen LogP contribution in [-0.4, -0.2) is 35.2 Å². The number of carbonyl (C=O) groups excluding carboxylic acids is 2. The number of fused-ring (bicyclic) bond motifs is 6. The summed E-state index contributed by atoms with van der Waals surface area (Å²) in [5.74, 6) is -0.816. The summed E-state index contributed by atoms with van der Waals surface area (Å²) >= 11 is 0. The third-order valence-electron chi connectivity index (χ3n) is 5.42. The third-order valence-corrected chi connectivity index (χ3v) is 5.42. The third kappa shape index (κ3) is 2.87. The standard InChI is InChI=1S/C23H18N2O7/c24-7-8-25-32-21(28)12-1-4-16-15(9-12)22(29)31-23(16)17-5-2-13(26)10-19(17)30-20-11-14(27)3-6-18(20)23/h1-6,9-11,25-27H,7-8,24H2. The van der Waals surface area contributed by atoms with E-state index < -0.39 is 17.5 Å². The summed E-state index contributed by atoms with van der Waals surface area (Å²) in [5, 5.41) is 19.9. The average Bonchev–Trinajstić information content (AvgIpc) is 3.06. The molecule has 0 aliphatic carbocycles. The molecule has 0 radical (unpaired) electrons. The van der Waals surface area contributed by atoms with Gasteiger partial charge in [0.15, 0.2) is 5.60 Å². The van der Waals surface area contributed by atoms with Crippen LogP contribution in [0.3, 0.4) is 0 Å². The zero-order chi connectivity index (χ0) is 22.5. The first-order chi connectivity index (χ1) is 15.4. The molecule has 0 fully saturated rings. The van der Waals surface area contributed by atoms with Crippen molar-refractivity contribution in [2.45, 2.75) is 5.60 Å². The van der Waals surface area contributed by atoms with E-state index in [-0.39, 0.29) is 47.2 Å². The number of rotatable bonds is 4. The minimum Gasteiger partial charge on any atom is -0.508 e. The Hall–Kier alpha value is -4.08. The van der Waals surface area contributed by atoms with Gasteiger partial charge in [0.1, 0.15) is 23.0 Å². The molecule has 0 unspecified atom stereocenters. The molecular formula is C23H18N2O7. The lowest BCUT2D eigenvalue weighted by molar-refractivity contribution is 0.0223. The number of hydrogen-bond donors (Lipinski definition) is 4. The minimum absolute atomic E-state index is 0.0323. The number of phenols is 2. The SMILES string of the molecule is NCCNOC(=O)c1ccc2c(c1)C(=O)OC21c2ccc(O)cc2Oc2cc(O)ccc21. The molecule has 0 saturated carbocycles. The highest BCUT2D eigenvalue weighted by molar-refractivity contribution is 6.00. The van der Waals surface area contributed by atoms with E-state index in [0.29, 0.717) is 16.7 Å². The zero-order valence-corrected chi connectivity index (χ0v) is 16.6. The molecule has 5 N–H and O–H groups in total. The topological polar surface area (TPSA) is 140 Å². The van der Waals surface area contributed by atoms with Crippen LogP contribution in [0.4, 0.5) is 0 Å². The lowest BCUT2D eigenvalue weighted by atomic mass is 9.77. The summed E-state index contributed by atoms with van der Waals surface area (Å²) in [4.78, 5) is 30.2. The van der Waals surface area contributed by atoms with Gasteiger partial charge in [-0.2, -0.15) is 5.48 Å². The minimum atomic E-state index is -1.38. The molecule has 0 atom stereocenters. The van der Waals surface area contributed by atoms with Gasteiger partial charge in [-0.1, -0.05) is 6.07 Å². The van der Waals surface area contributed by atoms with Crippen molar-refractivity contribution in [1.82, 2.24) is 5.48 Å². The largest absolute Gasteiger partial charge is 0.508 e. The fraction of sp³-hybridized carbons (Fsp3) is 0.130. The van der Waals surface area contributed by atoms with Crippen molar-refractivity contribution in [3.05, 3.63) is 82.4 Å². The van der Waals surface area contributed by atoms with E-state index in [1.165, 1.54) is 36.4 Å². The van der Waals surface area contributed by atoms with Gasteiger partial charge in [0.05, 0.1) is 11.1 Å². The quantitative estimate of drug-likeness (QED) is 0.276. The molecule has 5 rings (SSSR count). The Labute approximate surface area is 181 Å². The number of aromatic hydroxyl groups is 2. The molecule has 0 aromatic heterocycles. The molecule has 3 aromatic carbocycles. The van der Waals surface area contributed by atoms with E-state index >= 15 is 0 Å². The van der Waals surface area contributed by atoms with Crippen molar-refractivity contribution in [1.29, 1.82) is 0 Å². The van der Waals surface area contributed by atoms with Gasteiger partial charge >= 0.3 is 11.9 Å². The summed E-state index contributed by atoms with van der Waals surface area (Å²) in [7, 11) is 0. The van der Waals surface area contributed by atoms with Crippen molar-refractivity contribution in [2.75, 3.05) is 13.1 Å². The maximum Gasteiger partial charge on any atom is 0.356 e. The second-order valence-electron chi connectivity index (χ2n) is 7.37. The first-order valence-electron chi connectivity index (χ1n) is 9.81. The molecule has 2 aliphatic rings. The monoisotopic (exact) mass is 434 g/mol. The smallest absolute Gasteiger partial charge is 0.356 e. The van der Waals surface area contributed by atoms with Crippen molar-refractivity contribution in [3.8, 4) is 23.0 Å². The second-order valence-corrected chi connectivity index (χ2v) is 7.37. The van der Waals surface area contributed by atoms with Crippen LogP contribution in [0.2, 0.25) is 0 Å². The van der Waals surface area contributed by atoms with Gasteiger partial charge in [0.25, 0.3) is 0 Å². The van der Waals surface area contributed by atoms with Crippen LogP contribution in [0.25, 0.3) is 0 Å². The first-order valence-corrected chi connectivity index (χ1v) is 9.81. The fourth-order valence-electron chi connectivity index (χ4n) is 4.07. The van der Waals surface area contributed by atoms with Gasteiger partial charge in [0, 0.05) is 41.9 Å². The molecule has 2 aliphatic heterocycles. The number of esters is 1. The van der Waals surface area contributed by atoms with Gasteiger partial charge in [-0.3, -0.25) is 0 Å². The highest BCUT2D eigenvalue weighted by Crippen LogP contribution is 2.57. The highest BCUT2D eigenvalue weighted by atomic mass is 16.7. The Morgan fingerprint density at radius 3 is 2.22 bits per heavy atom. The molecule has 3 aromatic rings. The maximum atomic E-state index is 13.0. The van der Waals surface area contributed by atoms with E-state index in [9.17, 15) is 19.8 Å². The lowest BCUT2D eigenvalue weighted by Crippen LogP contribution is -2.33. The molecule has 0 amide bonds. The fourth-order valence-corrected chi connectivity index (χ4v) is 4.07. The zero-order valence-electron chi connectivity index (χ0n) is 16.6. The van der Waals surface area contributed by atoms with E-state index in [0.717, 1.165) is 0 Å². The number of hydroxylamine groups is 1. The van der Waals surface area contributed by atoms with Crippen LogP contribution in [0, 0.1) is 0 Å². The average molecular weight is 434 g/mol. The van der Waals surface area contributed by atoms with Crippen molar-refractivity contribution >= 4 is 11.9 Å². The predicted octanol–water partition coefficient (Wildman–Crippen LogP) is 2.29. The number of hydrogen-bond acceptors (Lipinski definition) is 9. The molecule has 2 heterocycles. The number of nitrogens with one attached hydrogen (secondary N) is 1. The molecule has 9 heteroatoms. The Morgan fingerprint density at radius 1 is 0.969 bits per heavy atom. The van der Waals surface area contributed by atoms with Gasteiger partial charge in [-0.15, -0.1) is 0 Å². The highest BCUT2D eigenvalue weighted by Gasteiger charge is 2.53. The summed E-state index contributed by atoms with van der Waals surface area (Å²) < 4.78 is 11.8. The molecular weight excluding hydrogens is 416 g/mol. The molecule has 162 valence electrons. The molecule has 0 bridgehead atoms. The number of ether oxygens (including phenoxy) is 2. The summed E-state index contributed by atoms with van der Waals surface area (Å²) in [6, 6.07) is 13.5. The normalized spacial score (nSPS) is 14.7. The second kappa shape index (κ2) is 7.26. The van der Waals surface area contributed by atoms with Gasteiger partial charge in [-0.05, 0) is 36.4 Å². The summed E-state index contributed by atoms with van der Waals surface area (Å²) in [5.41, 5.74) is 8.29. The number of benzene rings is 3. The Balaban J connectivity index is 1.68. The maximum absolute atomic E-state index is 13.0. The Bertz CT molecular complexity index is 1220. The number of carbonyl (C=O) groups is 2. The molecule has 9 nitrogen and oxygen atoms in total. The lowest BCUT2D eigenvalue weighted by Gasteiger charge is -2.36. The summed E-state index contributed by atoms with van der Waals surface area (Å²) in [6.07, 6.45) is 0. The van der Waals surface area contributed by atoms with Gasteiger partial charge < -0.3 is 30.3 Å². The van der Waals surface area contributed by atoms with Crippen molar-refractivity contribution in [3.63, 3.8) is 0 Å². The van der Waals surface area contributed by atoms with Crippen LogP contribution in [0.1, 0.15) is 37.4 Å². The van der Waals surface area contributed by atoms with Gasteiger partial charge in [0.2, 0.25) is 0 Å². The Kier molecular flexibility index (Phi) is 4.50. The molecule has 1 spiro atoms. The van der Waals surface area contributed by atoms with Crippen molar-refractivity contribution < 1.29 is 34.1 Å². The van der Waals surface area contributed by atoms with Crippen LogP contribution in [-0.2, 0) is 15.2 Å².